The molecule has 0 fully saturated rings. The number of hydrogen-bond donors (Lipinski definition) is 1. The molecule has 2 rings (SSSR count). The lowest BCUT2D eigenvalue weighted by molar-refractivity contribution is 0.624. The molecule has 1 N–H and O–H groups in total. The predicted molar refractivity (Wildman–Crippen MR) is 85.4 cm³/mol. The molecule has 0 aromatic heterocycles. The van der Waals surface area contributed by atoms with Crippen molar-refractivity contribution in [2.45, 2.75) is 24.8 Å². The van der Waals surface area contributed by atoms with Crippen LogP contribution < -0.4 is 5.32 Å². The Morgan fingerprint density at radius 3 is 2.38 bits per heavy atom. The van der Waals surface area contributed by atoms with Gasteiger partial charge in [0.05, 0.1) is 10.8 Å². The molecule has 0 aliphatic rings. The number of benzene rings is 2. The van der Waals surface area contributed by atoms with Gasteiger partial charge in [0.25, 0.3) is 0 Å². The fourth-order valence-corrected chi connectivity index (χ4v) is 3.66. The minimum atomic E-state index is -1.16. The average Bonchev–Trinajstić information content (AvgIpc) is 2.46. The van der Waals surface area contributed by atoms with Crippen LogP contribution in [0.1, 0.15) is 22.7 Å². The van der Waals surface area contributed by atoms with Crippen LogP contribution in [0.4, 0.5) is 4.39 Å². The summed E-state index contributed by atoms with van der Waals surface area (Å²) < 4.78 is 25.3. The molecule has 0 spiro atoms. The van der Waals surface area contributed by atoms with E-state index < -0.39 is 10.8 Å². The molecule has 0 heterocycles. The zero-order valence-electron chi connectivity index (χ0n) is 12.5. The van der Waals surface area contributed by atoms with E-state index in [0.29, 0.717) is 10.6 Å². The molecule has 2 unspecified atom stereocenters. The topological polar surface area (TPSA) is 29.1 Å². The number of halogens is 1. The fraction of sp³-hybridized carbons (Fsp3) is 0.294. The first-order valence-corrected chi connectivity index (χ1v) is 8.21. The van der Waals surface area contributed by atoms with Gasteiger partial charge >= 0.3 is 0 Å². The van der Waals surface area contributed by atoms with Gasteiger partial charge in [0.2, 0.25) is 0 Å². The van der Waals surface area contributed by atoms with E-state index >= 15 is 0 Å². The third-order valence-corrected chi connectivity index (χ3v) is 4.98. The summed E-state index contributed by atoms with van der Waals surface area (Å²) in [6.45, 7) is 4.12. The smallest absolute Gasteiger partial charge is 0.123 e. The summed E-state index contributed by atoms with van der Waals surface area (Å²) in [4.78, 5) is 0.654. The van der Waals surface area contributed by atoms with Crippen LogP contribution in [0.3, 0.4) is 0 Å². The molecule has 2 aromatic rings. The second kappa shape index (κ2) is 6.96. The van der Waals surface area contributed by atoms with E-state index in [4.69, 9.17) is 0 Å². The molecule has 112 valence electrons. The third-order valence-electron chi connectivity index (χ3n) is 3.54. The molecule has 0 saturated carbocycles. The summed E-state index contributed by atoms with van der Waals surface area (Å²) in [6.07, 6.45) is 0. The Labute approximate surface area is 127 Å². The first-order valence-electron chi connectivity index (χ1n) is 6.89. The van der Waals surface area contributed by atoms with Gasteiger partial charge in [-0.25, -0.2) is 4.39 Å². The van der Waals surface area contributed by atoms with Gasteiger partial charge in [-0.05, 0) is 56.3 Å². The molecule has 0 radical (unpaired) electrons. The molecule has 2 nitrogen and oxygen atoms in total. The maximum atomic E-state index is 12.9. The van der Waals surface area contributed by atoms with Crippen LogP contribution in [0, 0.1) is 19.7 Å². The predicted octanol–water partition coefficient (Wildman–Crippen LogP) is 3.51. The highest BCUT2D eigenvalue weighted by atomic mass is 32.2. The molecule has 0 aliphatic heterocycles. The lowest BCUT2D eigenvalue weighted by Gasteiger charge is -2.19. The minimum Gasteiger partial charge on any atom is -0.312 e. The second-order valence-electron chi connectivity index (χ2n) is 5.17. The third kappa shape index (κ3) is 3.99. The lowest BCUT2D eigenvalue weighted by Crippen LogP contribution is -2.23. The van der Waals surface area contributed by atoms with Crippen molar-refractivity contribution >= 4 is 10.8 Å². The van der Waals surface area contributed by atoms with Crippen LogP contribution in [0.2, 0.25) is 0 Å². The molecule has 0 bridgehead atoms. The molecule has 4 heteroatoms. The van der Waals surface area contributed by atoms with Crippen molar-refractivity contribution < 1.29 is 8.60 Å². The number of hydrogen-bond acceptors (Lipinski definition) is 2. The van der Waals surface area contributed by atoms with E-state index in [0.717, 1.165) is 5.56 Å². The Morgan fingerprint density at radius 2 is 1.81 bits per heavy atom. The van der Waals surface area contributed by atoms with E-state index in [1.807, 2.05) is 7.05 Å². The Balaban J connectivity index is 2.18. The summed E-state index contributed by atoms with van der Waals surface area (Å²) in [7, 11) is 0.702. The first kappa shape index (κ1) is 15.9. The normalized spacial score (nSPS) is 13.9. The van der Waals surface area contributed by atoms with Crippen molar-refractivity contribution in [2.75, 3.05) is 12.8 Å². The maximum Gasteiger partial charge on any atom is 0.123 e. The van der Waals surface area contributed by atoms with E-state index in [1.165, 1.54) is 23.3 Å². The van der Waals surface area contributed by atoms with Gasteiger partial charge in [0.15, 0.2) is 0 Å². The number of aryl methyl sites for hydroxylation is 2. The van der Waals surface area contributed by atoms with Crippen molar-refractivity contribution in [1.82, 2.24) is 5.32 Å². The lowest BCUT2D eigenvalue weighted by atomic mass is 10.0. The van der Waals surface area contributed by atoms with E-state index in [-0.39, 0.29) is 11.9 Å². The summed E-state index contributed by atoms with van der Waals surface area (Å²) in [5.74, 6) is 0.154. The molecular formula is C17H20FNOS. The van der Waals surface area contributed by atoms with E-state index in [2.05, 4.69) is 37.4 Å². The Morgan fingerprint density at radius 1 is 1.14 bits per heavy atom. The Hall–Kier alpha value is -1.52. The van der Waals surface area contributed by atoms with Crippen molar-refractivity contribution in [2.24, 2.45) is 0 Å². The van der Waals surface area contributed by atoms with Crippen LogP contribution in [0.15, 0.2) is 47.4 Å². The second-order valence-corrected chi connectivity index (χ2v) is 6.66. The Bertz CT molecular complexity index is 640. The fourth-order valence-electron chi connectivity index (χ4n) is 2.38. The maximum absolute atomic E-state index is 12.9. The summed E-state index contributed by atoms with van der Waals surface area (Å²) in [6, 6.07) is 12.1. The van der Waals surface area contributed by atoms with Gasteiger partial charge in [-0.2, -0.15) is 0 Å². The monoisotopic (exact) mass is 305 g/mol. The van der Waals surface area contributed by atoms with E-state index in [1.54, 1.807) is 12.1 Å². The SMILES string of the molecule is CNC(CS(=O)c1ccc(F)cc1)c1ccc(C)cc1C. The van der Waals surface area contributed by atoms with Crippen molar-refractivity contribution in [3.05, 3.63) is 65.0 Å². The van der Waals surface area contributed by atoms with Crippen LogP contribution >= 0.6 is 0 Å². The highest BCUT2D eigenvalue weighted by Crippen LogP contribution is 2.21. The van der Waals surface area contributed by atoms with Gasteiger partial charge in [-0.1, -0.05) is 23.8 Å². The highest BCUT2D eigenvalue weighted by molar-refractivity contribution is 7.85. The van der Waals surface area contributed by atoms with Gasteiger partial charge in [-0.15, -0.1) is 0 Å². The number of rotatable bonds is 5. The van der Waals surface area contributed by atoms with Crippen molar-refractivity contribution in [1.29, 1.82) is 0 Å². The van der Waals surface area contributed by atoms with Crippen LogP contribution in [0.5, 0.6) is 0 Å². The minimum absolute atomic E-state index is 0.0106. The van der Waals surface area contributed by atoms with Crippen molar-refractivity contribution in [3.8, 4) is 0 Å². The molecule has 2 atom stereocenters. The van der Waals surface area contributed by atoms with Crippen molar-refractivity contribution in [3.63, 3.8) is 0 Å². The molecule has 0 amide bonds. The Kier molecular flexibility index (Phi) is 5.26. The van der Waals surface area contributed by atoms with Crippen LogP contribution in [-0.2, 0) is 10.8 Å². The summed E-state index contributed by atoms with van der Waals surface area (Å²) >= 11 is 0. The molecule has 0 aliphatic carbocycles. The summed E-state index contributed by atoms with van der Waals surface area (Å²) in [5, 5.41) is 3.22. The van der Waals surface area contributed by atoms with Crippen LogP contribution in [0.25, 0.3) is 0 Å². The molecule has 2 aromatic carbocycles. The molecule has 0 saturated heterocycles. The zero-order valence-corrected chi connectivity index (χ0v) is 13.3. The highest BCUT2D eigenvalue weighted by Gasteiger charge is 2.16. The molecule has 21 heavy (non-hydrogen) atoms. The standard InChI is InChI=1S/C17H20FNOS/c1-12-4-9-16(13(2)10-12)17(19-3)11-21(20)15-7-5-14(18)6-8-15/h4-10,17,19H,11H2,1-3H3. The zero-order chi connectivity index (χ0) is 15.4. The van der Waals surface area contributed by atoms with Gasteiger partial charge in [-0.3, -0.25) is 4.21 Å². The number of nitrogens with one attached hydrogen (secondary N) is 1. The van der Waals surface area contributed by atoms with Gasteiger partial charge in [0.1, 0.15) is 5.82 Å². The molecular weight excluding hydrogens is 285 g/mol. The quantitative estimate of drug-likeness (QED) is 0.916. The van der Waals surface area contributed by atoms with Gasteiger partial charge < -0.3 is 5.32 Å². The van der Waals surface area contributed by atoms with Crippen LogP contribution in [-0.4, -0.2) is 17.0 Å². The van der Waals surface area contributed by atoms with E-state index in [9.17, 15) is 8.60 Å². The first-order chi connectivity index (χ1) is 10.0. The average molecular weight is 305 g/mol. The largest absolute Gasteiger partial charge is 0.312 e. The van der Waals surface area contributed by atoms with Gasteiger partial charge in [0, 0.05) is 16.7 Å². The summed E-state index contributed by atoms with van der Waals surface area (Å²) in [5.41, 5.74) is 3.55.